The molecule has 1 aliphatic rings. The summed E-state index contributed by atoms with van der Waals surface area (Å²) in [6.45, 7) is 2.57. The van der Waals surface area contributed by atoms with E-state index in [2.05, 4.69) is 5.32 Å². The van der Waals surface area contributed by atoms with Gasteiger partial charge >= 0.3 is 0 Å². The van der Waals surface area contributed by atoms with Crippen molar-refractivity contribution in [2.45, 2.75) is 32.7 Å². The number of anilines is 1. The van der Waals surface area contributed by atoms with Gasteiger partial charge in [-0.05, 0) is 42.9 Å². The lowest BCUT2D eigenvalue weighted by Crippen LogP contribution is -2.23. The van der Waals surface area contributed by atoms with Crippen molar-refractivity contribution in [3.63, 3.8) is 0 Å². The summed E-state index contributed by atoms with van der Waals surface area (Å²) in [4.78, 5) is 11.5. The van der Waals surface area contributed by atoms with Gasteiger partial charge in [-0.15, -0.1) is 0 Å². The van der Waals surface area contributed by atoms with Crippen LogP contribution in [-0.2, 0) is 11.3 Å². The lowest BCUT2D eigenvalue weighted by molar-refractivity contribution is -0.121. The molecule has 0 saturated heterocycles. The van der Waals surface area contributed by atoms with Gasteiger partial charge in [0.05, 0.1) is 0 Å². The molecular weight excluding hydrogens is 200 g/mol. The Kier molecular flexibility index (Phi) is 3.13. The Balaban J connectivity index is 1.88. The van der Waals surface area contributed by atoms with E-state index in [0.717, 1.165) is 16.8 Å². The number of nitrogens with one attached hydrogen (secondary N) is 1. The van der Waals surface area contributed by atoms with Crippen LogP contribution in [0.3, 0.4) is 0 Å². The number of hydrogen-bond donors (Lipinski definition) is 2. The van der Waals surface area contributed by atoms with E-state index in [4.69, 9.17) is 5.73 Å². The summed E-state index contributed by atoms with van der Waals surface area (Å²) in [6.07, 6.45) is 3.11. The fourth-order valence-electron chi connectivity index (χ4n) is 1.74. The third kappa shape index (κ3) is 2.75. The van der Waals surface area contributed by atoms with Crippen molar-refractivity contribution in [2.75, 3.05) is 5.73 Å². The minimum atomic E-state index is 0.157. The van der Waals surface area contributed by atoms with Crippen LogP contribution in [0.15, 0.2) is 18.2 Å². The molecule has 1 aromatic carbocycles. The van der Waals surface area contributed by atoms with Crippen molar-refractivity contribution in [3.8, 4) is 0 Å². The molecule has 0 radical (unpaired) electrons. The van der Waals surface area contributed by atoms with Crippen LogP contribution in [0.25, 0.3) is 0 Å². The highest BCUT2D eigenvalue weighted by atomic mass is 16.1. The molecule has 0 heterocycles. The van der Waals surface area contributed by atoms with E-state index < -0.39 is 0 Å². The zero-order valence-corrected chi connectivity index (χ0v) is 9.62. The molecule has 1 amide bonds. The van der Waals surface area contributed by atoms with E-state index in [1.54, 1.807) is 0 Å². The fraction of sp³-hybridized carbons (Fsp3) is 0.462. The van der Waals surface area contributed by atoms with E-state index in [1.165, 1.54) is 12.8 Å². The normalized spacial score (nSPS) is 14.8. The summed E-state index contributed by atoms with van der Waals surface area (Å²) < 4.78 is 0. The number of carbonyl (C=O) groups is 1. The summed E-state index contributed by atoms with van der Waals surface area (Å²) in [5.74, 6) is 0.797. The van der Waals surface area contributed by atoms with Crippen LogP contribution in [0.5, 0.6) is 0 Å². The second-order valence-electron chi connectivity index (χ2n) is 4.56. The molecule has 86 valence electrons. The molecule has 1 aromatic rings. The molecule has 1 aliphatic carbocycles. The van der Waals surface area contributed by atoms with Gasteiger partial charge in [-0.2, -0.15) is 0 Å². The molecule has 3 heteroatoms. The quantitative estimate of drug-likeness (QED) is 0.759. The Morgan fingerprint density at radius 2 is 2.25 bits per heavy atom. The largest absolute Gasteiger partial charge is 0.399 e. The summed E-state index contributed by atoms with van der Waals surface area (Å²) in [7, 11) is 0. The van der Waals surface area contributed by atoms with Crippen LogP contribution in [0.2, 0.25) is 0 Å². The van der Waals surface area contributed by atoms with Gasteiger partial charge in [-0.3, -0.25) is 4.79 Å². The second-order valence-corrected chi connectivity index (χ2v) is 4.56. The molecule has 0 aliphatic heterocycles. The lowest BCUT2D eigenvalue weighted by atomic mass is 10.1. The SMILES string of the molecule is Cc1c(N)cccc1CNC(=O)CC1CC1. The maximum absolute atomic E-state index is 11.5. The third-order valence-corrected chi connectivity index (χ3v) is 3.13. The van der Waals surface area contributed by atoms with E-state index >= 15 is 0 Å². The Morgan fingerprint density at radius 1 is 1.50 bits per heavy atom. The number of hydrogen-bond acceptors (Lipinski definition) is 2. The maximum Gasteiger partial charge on any atom is 0.220 e. The van der Waals surface area contributed by atoms with Gasteiger partial charge in [0.2, 0.25) is 5.91 Å². The van der Waals surface area contributed by atoms with Crippen LogP contribution in [0.1, 0.15) is 30.4 Å². The van der Waals surface area contributed by atoms with E-state index in [9.17, 15) is 4.79 Å². The molecule has 16 heavy (non-hydrogen) atoms. The highest BCUT2D eigenvalue weighted by molar-refractivity contribution is 5.76. The smallest absolute Gasteiger partial charge is 0.220 e. The number of amides is 1. The van der Waals surface area contributed by atoms with Crippen LogP contribution in [0.4, 0.5) is 5.69 Å². The maximum atomic E-state index is 11.5. The van der Waals surface area contributed by atoms with Gasteiger partial charge in [0.1, 0.15) is 0 Å². The monoisotopic (exact) mass is 218 g/mol. The third-order valence-electron chi connectivity index (χ3n) is 3.13. The number of nitrogens with two attached hydrogens (primary N) is 1. The number of carbonyl (C=O) groups excluding carboxylic acids is 1. The van der Waals surface area contributed by atoms with Gasteiger partial charge in [0.25, 0.3) is 0 Å². The molecule has 0 atom stereocenters. The summed E-state index contributed by atoms with van der Waals surface area (Å²) in [5.41, 5.74) is 8.76. The first-order valence-electron chi connectivity index (χ1n) is 5.77. The van der Waals surface area contributed by atoms with Crippen molar-refractivity contribution < 1.29 is 4.79 Å². The highest BCUT2D eigenvalue weighted by Gasteiger charge is 2.24. The molecule has 1 fully saturated rings. The molecule has 0 unspecified atom stereocenters. The zero-order valence-electron chi connectivity index (χ0n) is 9.62. The Morgan fingerprint density at radius 3 is 2.94 bits per heavy atom. The van der Waals surface area contributed by atoms with Crippen LogP contribution >= 0.6 is 0 Å². The molecule has 0 spiro atoms. The lowest BCUT2D eigenvalue weighted by Gasteiger charge is -2.09. The predicted molar refractivity (Wildman–Crippen MR) is 64.8 cm³/mol. The molecule has 3 nitrogen and oxygen atoms in total. The Bertz CT molecular complexity index is 397. The van der Waals surface area contributed by atoms with E-state index in [1.807, 2.05) is 25.1 Å². The van der Waals surface area contributed by atoms with Crippen molar-refractivity contribution >= 4 is 11.6 Å². The Hall–Kier alpha value is -1.51. The van der Waals surface area contributed by atoms with Crippen molar-refractivity contribution in [1.82, 2.24) is 5.32 Å². The van der Waals surface area contributed by atoms with Crippen molar-refractivity contribution in [2.24, 2.45) is 5.92 Å². The first-order chi connectivity index (χ1) is 7.66. The van der Waals surface area contributed by atoms with Crippen molar-refractivity contribution in [1.29, 1.82) is 0 Å². The fourth-order valence-corrected chi connectivity index (χ4v) is 1.74. The summed E-state index contributed by atoms with van der Waals surface area (Å²) >= 11 is 0. The first-order valence-corrected chi connectivity index (χ1v) is 5.77. The highest BCUT2D eigenvalue weighted by Crippen LogP contribution is 2.32. The molecular formula is C13H18N2O. The van der Waals surface area contributed by atoms with Gasteiger partial charge in [0, 0.05) is 18.7 Å². The van der Waals surface area contributed by atoms with E-state index in [-0.39, 0.29) is 5.91 Å². The van der Waals surface area contributed by atoms with Gasteiger partial charge in [0.15, 0.2) is 0 Å². The summed E-state index contributed by atoms with van der Waals surface area (Å²) in [5, 5.41) is 2.94. The van der Waals surface area contributed by atoms with Crippen LogP contribution in [-0.4, -0.2) is 5.91 Å². The zero-order chi connectivity index (χ0) is 11.5. The van der Waals surface area contributed by atoms with Crippen molar-refractivity contribution in [3.05, 3.63) is 29.3 Å². The number of rotatable bonds is 4. The van der Waals surface area contributed by atoms with E-state index in [0.29, 0.717) is 18.9 Å². The van der Waals surface area contributed by atoms with Gasteiger partial charge in [-0.1, -0.05) is 12.1 Å². The second kappa shape index (κ2) is 4.56. The average molecular weight is 218 g/mol. The van der Waals surface area contributed by atoms with Gasteiger partial charge in [-0.25, -0.2) is 0 Å². The average Bonchev–Trinajstić information content (AvgIpc) is 3.04. The topological polar surface area (TPSA) is 55.1 Å². The minimum absolute atomic E-state index is 0.157. The molecule has 0 bridgehead atoms. The standard InChI is InChI=1S/C13H18N2O/c1-9-11(3-2-4-12(9)14)8-15-13(16)7-10-5-6-10/h2-4,10H,5-8,14H2,1H3,(H,15,16). The first kappa shape index (κ1) is 11.0. The molecule has 1 saturated carbocycles. The van der Waals surface area contributed by atoms with Crippen LogP contribution < -0.4 is 11.1 Å². The minimum Gasteiger partial charge on any atom is -0.399 e. The Labute approximate surface area is 96.0 Å². The van der Waals surface area contributed by atoms with Gasteiger partial charge < -0.3 is 11.1 Å². The molecule has 0 aromatic heterocycles. The number of nitrogen functional groups attached to an aromatic ring is 1. The van der Waals surface area contributed by atoms with Crippen LogP contribution in [0, 0.1) is 12.8 Å². The summed E-state index contributed by atoms with van der Waals surface area (Å²) in [6, 6.07) is 5.80. The molecule has 3 N–H and O–H groups in total. The number of benzene rings is 1. The molecule has 2 rings (SSSR count). The predicted octanol–water partition coefficient (Wildman–Crippen LogP) is 1.99.